The lowest BCUT2D eigenvalue weighted by Gasteiger charge is -2.45. The van der Waals surface area contributed by atoms with Gasteiger partial charge in [0.25, 0.3) is 0 Å². The summed E-state index contributed by atoms with van der Waals surface area (Å²) < 4.78 is 6.36. The summed E-state index contributed by atoms with van der Waals surface area (Å²) in [6, 6.07) is 12.7. The van der Waals surface area contributed by atoms with Crippen molar-refractivity contribution >= 4 is 11.4 Å². The molecule has 0 fully saturated rings. The highest BCUT2D eigenvalue weighted by molar-refractivity contribution is 5.77. The standard InChI is InChI=1S/C26H35NO2/c1-10-19-11-13-21-23(15-19)29-24-16-20(12-14-22(24)27(21)28-9)26(7,8)25(5,6)18(4)17(2)3/h11-17H,4,10H2,1-3,5-9H3. The molecule has 3 nitrogen and oxygen atoms in total. The third-order valence-electron chi connectivity index (χ3n) is 7.02. The van der Waals surface area contributed by atoms with Crippen LogP contribution < -0.4 is 9.80 Å². The molecule has 0 amide bonds. The molecule has 3 rings (SSSR count). The Hall–Kier alpha value is -2.26. The van der Waals surface area contributed by atoms with Gasteiger partial charge in [-0.2, -0.15) is 0 Å². The summed E-state index contributed by atoms with van der Waals surface area (Å²) >= 11 is 0. The molecule has 156 valence electrons. The van der Waals surface area contributed by atoms with E-state index < -0.39 is 0 Å². The van der Waals surface area contributed by atoms with E-state index >= 15 is 0 Å². The second-order valence-electron chi connectivity index (χ2n) is 9.35. The summed E-state index contributed by atoms with van der Waals surface area (Å²) in [7, 11) is 1.69. The zero-order valence-corrected chi connectivity index (χ0v) is 19.2. The highest BCUT2D eigenvalue weighted by Gasteiger charge is 2.41. The van der Waals surface area contributed by atoms with Crippen molar-refractivity contribution < 1.29 is 9.57 Å². The Morgan fingerprint density at radius 1 is 1.03 bits per heavy atom. The summed E-state index contributed by atoms with van der Waals surface area (Å²) in [5.41, 5.74) is 5.40. The number of aryl methyl sites for hydroxylation is 1. The number of rotatable bonds is 6. The van der Waals surface area contributed by atoms with Crippen LogP contribution in [0.3, 0.4) is 0 Å². The highest BCUT2D eigenvalue weighted by atomic mass is 16.7. The average Bonchev–Trinajstić information content (AvgIpc) is 2.69. The smallest absolute Gasteiger partial charge is 0.153 e. The molecule has 29 heavy (non-hydrogen) atoms. The molecule has 0 unspecified atom stereocenters. The van der Waals surface area contributed by atoms with E-state index in [1.807, 2.05) is 5.06 Å². The van der Waals surface area contributed by atoms with Crippen molar-refractivity contribution in [2.24, 2.45) is 11.3 Å². The fourth-order valence-electron chi connectivity index (χ4n) is 4.11. The van der Waals surface area contributed by atoms with Gasteiger partial charge in [0.15, 0.2) is 11.5 Å². The van der Waals surface area contributed by atoms with Crippen LogP contribution in [0.15, 0.2) is 48.6 Å². The number of anilines is 2. The Labute approximate surface area is 176 Å². The Balaban J connectivity index is 2.07. The second kappa shape index (κ2) is 7.53. The molecule has 0 aromatic heterocycles. The van der Waals surface area contributed by atoms with Gasteiger partial charge in [-0.05, 0) is 58.6 Å². The maximum atomic E-state index is 6.36. The van der Waals surface area contributed by atoms with Crippen LogP contribution in [-0.2, 0) is 16.7 Å². The zero-order chi connectivity index (χ0) is 21.6. The van der Waals surface area contributed by atoms with Crippen LogP contribution in [0.2, 0.25) is 0 Å². The van der Waals surface area contributed by atoms with Gasteiger partial charge < -0.3 is 4.74 Å². The molecular weight excluding hydrogens is 358 g/mol. The van der Waals surface area contributed by atoms with Crippen LogP contribution in [0.25, 0.3) is 0 Å². The summed E-state index contributed by atoms with van der Waals surface area (Å²) in [6.45, 7) is 20.2. The lowest BCUT2D eigenvalue weighted by atomic mass is 9.59. The molecule has 0 saturated carbocycles. The predicted octanol–water partition coefficient (Wildman–Crippen LogP) is 7.57. The third-order valence-corrected chi connectivity index (χ3v) is 7.02. The van der Waals surface area contributed by atoms with Gasteiger partial charge in [-0.1, -0.05) is 72.8 Å². The molecule has 0 spiro atoms. The van der Waals surface area contributed by atoms with Gasteiger partial charge in [0, 0.05) is 0 Å². The van der Waals surface area contributed by atoms with Crippen molar-refractivity contribution in [3.8, 4) is 11.5 Å². The third kappa shape index (κ3) is 3.46. The number of nitrogens with zero attached hydrogens (tertiary/aromatic N) is 1. The number of hydrogen-bond donors (Lipinski definition) is 0. The molecule has 0 saturated heterocycles. The first-order valence-corrected chi connectivity index (χ1v) is 10.5. The molecule has 2 aromatic carbocycles. The van der Waals surface area contributed by atoms with E-state index in [1.54, 1.807) is 7.11 Å². The number of hydrogen-bond acceptors (Lipinski definition) is 3. The Morgan fingerprint density at radius 3 is 2.17 bits per heavy atom. The quantitative estimate of drug-likeness (QED) is 0.472. The Kier molecular flexibility index (Phi) is 5.57. The average molecular weight is 394 g/mol. The molecule has 1 aliphatic rings. The second-order valence-corrected chi connectivity index (χ2v) is 9.35. The van der Waals surface area contributed by atoms with Gasteiger partial charge in [0.05, 0.1) is 7.11 Å². The van der Waals surface area contributed by atoms with Crippen LogP contribution in [0.5, 0.6) is 11.5 Å². The van der Waals surface area contributed by atoms with E-state index in [0.29, 0.717) is 5.92 Å². The lowest BCUT2D eigenvalue weighted by molar-refractivity contribution is 0.193. The van der Waals surface area contributed by atoms with E-state index in [-0.39, 0.29) is 10.8 Å². The van der Waals surface area contributed by atoms with Gasteiger partial charge in [-0.3, -0.25) is 4.84 Å². The maximum Gasteiger partial charge on any atom is 0.153 e. The van der Waals surface area contributed by atoms with E-state index in [1.165, 1.54) is 16.7 Å². The van der Waals surface area contributed by atoms with Gasteiger partial charge in [-0.15, -0.1) is 0 Å². The van der Waals surface area contributed by atoms with Crippen molar-refractivity contribution in [1.82, 2.24) is 0 Å². The molecule has 3 heteroatoms. The van der Waals surface area contributed by atoms with Crippen molar-refractivity contribution in [3.05, 3.63) is 59.7 Å². The maximum absolute atomic E-state index is 6.36. The van der Waals surface area contributed by atoms with Gasteiger partial charge >= 0.3 is 0 Å². The molecule has 0 atom stereocenters. The molecule has 0 N–H and O–H groups in total. The SMILES string of the molecule is C=C(C(C)C)C(C)(C)C(C)(C)c1ccc2c(c1)Oc1cc(CC)ccc1N2OC. The van der Waals surface area contributed by atoms with Crippen LogP contribution in [0.1, 0.15) is 59.6 Å². The van der Waals surface area contributed by atoms with Crippen molar-refractivity contribution in [2.45, 2.75) is 60.3 Å². The molecule has 0 bridgehead atoms. The number of ether oxygens (including phenoxy) is 1. The summed E-state index contributed by atoms with van der Waals surface area (Å²) in [4.78, 5) is 5.72. The molecule has 1 heterocycles. The predicted molar refractivity (Wildman–Crippen MR) is 122 cm³/mol. The van der Waals surface area contributed by atoms with E-state index in [9.17, 15) is 0 Å². The molecule has 0 aliphatic carbocycles. The molecule has 2 aromatic rings. The summed E-state index contributed by atoms with van der Waals surface area (Å²) in [6.07, 6.45) is 0.967. The van der Waals surface area contributed by atoms with Crippen LogP contribution >= 0.6 is 0 Å². The lowest BCUT2D eigenvalue weighted by Crippen LogP contribution is -2.39. The van der Waals surface area contributed by atoms with Gasteiger partial charge in [0.2, 0.25) is 0 Å². The van der Waals surface area contributed by atoms with E-state index in [4.69, 9.17) is 9.57 Å². The van der Waals surface area contributed by atoms with Crippen LogP contribution in [-0.4, -0.2) is 7.11 Å². The fourth-order valence-corrected chi connectivity index (χ4v) is 4.11. The van der Waals surface area contributed by atoms with Crippen LogP contribution in [0, 0.1) is 11.3 Å². The largest absolute Gasteiger partial charge is 0.453 e. The zero-order valence-electron chi connectivity index (χ0n) is 19.2. The van der Waals surface area contributed by atoms with E-state index in [2.05, 4.69) is 91.4 Å². The van der Waals surface area contributed by atoms with Crippen LogP contribution in [0.4, 0.5) is 11.4 Å². The minimum Gasteiger partial charge on any atom is -0.453 e. The highest BCUT2D eigenvalue weighted by Crippen LogP contribution is 2.52. The molecule has 1 aliphatic heterocycles. The van der Waals surface area contributed by atoms with Gasteiger partial charge in [-0.25, -0.2) is 5.06 Å². The molecule has 0 radical (unpaired) electrons. The minimum atomic E-state index is -0.115. The first-order chi connectivity index (χ1) is 13.5. The number of allylic oxidation sites excluding steroid dienone is 1. The minimum absolute atomic E-state index is 0.0711. The topological polar surface area (TPSA) is 21.7 Å². The number of fused-ring (bicyclic) bond motifs is 2. The molecular formula is C26H35NO2. The normalized spacial score (nSPS) is 13.8. The van der Waals surface area contributed by atoms with Crippen molar-refractivity contribution in [2.75, 3.05) is 12.2 Å². The summed E-state index contributed by atoms with van der Waals surface area (Å²) in [5.74, 6) is 2.09. The van der Waals surface area contributed by atoms with Gasteiger partial charge in [0.1, 0.15) is 11.4 Å². The number of benzene rings is 2. The Morgan fingerprint density at radius 2 is 1.62 bits per heavy atom. The first kappa shape index (κ1) is 21.4. The first-order valence-electron chi connectivity index (χ1n) is 10.5. The fraction of sp³-hybridized carbons (Fsp3) is 0.462. The monoisotopic (exact) mass is 393 g/mol. The van der Waals surface area contributed by atoms with E-state index in [0.717, 1.165) is 29.3 Å². The van der Waals surface area contributed by atoms with Crippen molar-refractivity contribution in [3.63, 3.8) is 0 Å². The Bertz CT molecular complexity index is 924. The van der Waals surface area contributed by atoms with Crippen molar-refractivity contribution in [1.29, 1.82) is 0 Å². The summed E-state index contributed by atoms with van der Waals surface area (Å²) in [5, 5.41) is 1.85.